The Kier molecular flexibility index (Phi) is 22.6. The molecule has 0 amide bonds. The number of hydrogen-bond acceptors (Lipinski definition) is 10. The lowest BCUT2D eigenvalue weighted by atomic mass is 10.2. The highest BCUT2D eigenvalue weighted by Gasteiger charge is 2.23. The quantitative estimate of drug-likeness (QED) is 0.192. The van der Waals surface area contributed by atoms with Gasteiger partial charge in [0.15, 0.2) is 6.10 Å². The van der Waals surface area contributed by atoms with Gasteiger partial charge >= 0.3 is 11.9 Å². The van der Waals surface area contributed by atoms with E-state index in [4.69, 9.17) is 19.3 Å². The number of aliphatic carboxylic acids is 2. The summed E-state index contributed by atoms with van der Waals surface area (Å²) >= 11 is 0. The molecule has 0 bridgehead atoms. The lowest BCUT2D eigenvalue weighted by Crippen LogP contribution is -2.45. The summed E-state index contributed by atoms with van der Waals surface area (Å²) in [5.74, 6) is -3.20. The van der Waals surface area contributed by atoms with E-state index in [0.717, 1.165) is 0 Å². The second-order valence-electron chi connectivity index (χ2n) is 12.9. The number of carbonyl (C=O) groups is 4. The molecular formula is C29H58N2O10. The zero-order valence-corrected chi connectivity index (χ0v) is 27.7. The number of carboxylic acids is 2. The first kappa shape index (κ1) is 43.2. The maximum Gasteiger partial charge on any atom is 0.308 e. The molecule has 0 radical (unpaired) electrons. The number of aliphatic hydroxyl groups excluding tert-OH is 1. The molecule has 41 heavy (non-hydrogen) atoms. The largest absolute Gasteiger partial charge is 0.550 e. The van der Waals surface area contributed by atoms with Gasteiger partial charge in [-0.1, -0.05) is 20.8 Å². The van der Waals surface area contributed by atoms with Gasteiger partial charge in [0, 0.05) is 24.8 Å². The summed E-state index contributed by atoms with van der Waals surface area (Å²) in [4.78, 5) is 43.2. The molecule has 0 heterocycles. The molecule has 12 heteroatoms. The second kappa shape index (κ2) is 21.4. The van der Waals surface area contributed by atoms with Gasteiger partial charge in [-0.25, -0.2) is 0 Å². The predicted octanol–water partition coefficient (Wildman–Crippen LogP) is 0.126. The van der Waals surface area contributed by atoms with Crippen LogP contribution >= 0.6 is 0 Å². The van der Waals surface area contributed by atoms with E-state index in [-0.39, 0.29) is 55.4 Å². The SMILES string of the molecule is CC(C)C(=O)OC(CC(=O)[O-])C[N+](C)(C)C.CC(C)OC(CC(=O)[O-])C[N+](C)(C)C.CCC(O)CC(=O)OC(C)C. The average Bonchev–Trinajstić information content (AvgIpc) is 2.69. The fourth-order valence-corrected chi connectivity index (χ4v) is 3.23. The summed E-state index contributed by atoms with van der Waals surface area (Å²) in [5.41, 5.74) is 0. The molecule has 0 spiro atoms. The van der Waals surface area contributed by atoms with Crippen molar-refractivity contribution in [2.24, 2.45) is 5.92 Å². The van der Waals surface area contributed by atoms with Crippen molar-refractivity contribution in [2.45, 2.75) is 105 Å². The minimum absolute atomic E-state index is 0.0340. The zero-order chi connectivity index (χ0) is 33.1. The van der Waals surface area contributed by atoms with Crippen LogP contribution in [0.5, 0.6) is 0 Å². The van der Waals surface area contributed by atoms with E-state index in [0.29, 0.717) is 28.5 Å². The van der Waals surface area contributed by atoms with Crippen LogP contribution in [0.2, 0.25) is 0 Å². The van der Waals surface area contributed by atoms with Crippen LogP contribution in [0, 0.1) is 5.92 Å². The highest BCUT2D eigenvalue weighted by Crippen LogP contribution is 2.08. The summed E-state index contributed by atoms with van der Waals surface area (Å²) in [6.45, 7) is 13.8. The average molecular weight is 595 g/mol. The molecule has 12 nitrogen and oxygen atoms in total. The van der Waals surface area contributed by atoms with E-state index in [1.54, 1.807) is 27.7 Å². The monoisotopic (exact) mass is 594 g/mol. The van der Waals surface area contributed by atoms with Gasteiger partial charge in [-0.2, -0.15) is 0 Å². The van der Waals surface area contributed by atoms with Crippen molar-refractivity contribution < 1.29 is 57.7 Å². The van der Waals surface area contributed by atoms with Gasteiger partial charge in [0.05, 0.1) is 72.9 Å². The minimum atomic E-state index is -1.20. The van der Waals surface area contributed by atoms with Crippen molar-refractivity contribution >= 4 is 23.9 Å². The molecule has 1 N–H and O–H groups in total. The molecule has 0 aromatic rings. The smallest absolute Gasteiger partial charge is 0.308 e. The highest BCUT2D eigenvalue weighted by atomic mass is 16.5. The summed E-state index contributed by atoms with van der Waals surface area (Å²) in [6.07, 6.45) is -1.08. The first-order valence-corrected chi connectivity index (χ1v) is 14.1. The molecule has 0 aliphatic carbocycles. The van der Waals surface area contributed by atoms with Gasteiger partial charge in [-0.05, 0) is 34.1 Å². The lowest BCUT2D eigenvalue weighted by molar-refractivity contribution is -0.873. The third kappa shape index (κ3) is 33.8. The van der Waals surface area contributed by atoms with E-state index < -0.39 is 24.1 Å². The van der Waals surface area contributed by atoms with E-state index in [9.17, 15) is 29.4 Å². The van der Waals surface area contributed by atoms with Crippen LogP contribution in [-0.4, -0.2) is 124 Å². The van der Waals surface area contributed by atoms with Crippen LogP contribution in [0.15, 0.2) is 0 Å². The molecule has 0 fully saturated rings. The van der Waals surface area contributed by atoms with Gasteiger partial charge in [0.25, 0.3) is 0 Å². The van der Waals surface area contributed by atoms with Crippen LogP contribution < -0.4 is 10.2 Å². The van der Waals surface area contributed by atoms with Crippen LogP contribution in [0.25, 0.3) is 0 Å². The Morgan fingerprint density at radius 1 is 0.683 bits per heavy atom. The van der Waals surface area contributed by atoms with Gasteiger partial charge in [0.2, 0.25) is 0 Å². The molecule has 0 rings (SSSR count). The second-order valence-corrected chi connectivity index (χ2v) is 12.9. The van der Waals surface area contributed by atoms with E-state index in [1.165, 1.54) is 0 Å². The lowest BCUT2D eigenvalue weighted by Gasteiger charge is -2.30. The summed E-state index contributed by atoms with van der Waals surface area (Å²) in [5, 5.41) is 30.1. The topological polar surface area (TPSA) is 162 Å². The molecular weight excluding hydrogens is 536 g/mol. The number of likely N-dealkylation sites (N-methyl/N-ethyl adjacent to an activating group) is 2. The van der Waals surface area contributed by atoms with Crippen LogP contribution in [0.3, 0.4) is 0 Å². The predicted molar refractivity (Wildman–Crippen MR) is 152 cm³/mol. The Hall–Kier alpha value is -2.28. The van der Waals surface area contributed by atoms with E-state index >= 15 is 0 Å². The van der Waals surface area contributed by atoms with Gasteiger partial charge in [-0.15, -0.1) is 0 Å². The van der Waals surface area contributed by atoms with Gasteiger partial charge in [0.1, 0.15) is 19.2 Å². The number of carboxylic acid groups (broad SMARTS) is 2. The number of rotatable bonds is 16. The van der Waals surface area contributed by atoms with Gasteiger partial charge in [-0.3, -0.25) is 9.59 Å². The maximum atomic E-state index is 11.4. The summed E-state index contributed by atoms with van der Waals surface area (Å²) in [7, 11) is 11.7. The molecule has 0 saturated carbocycles. The van der Waals surface area contributed by atoms with Crippen molar-refractivity contribution in [3.8, 4) is 0 Å². The van der Waals surface area contributed by atoms with Crippen LogP contribution in [0.1, 0.15) is 74.1 Å². The number of aliphatic hydroxyl groups is 1. The van der Waals surface area contributed by atoms with Crippen molar-refractivity contribution in [1.29, 1.82) is 0 Å². The van der Waals surface area contributed by atoms with E-state index in [1.807, 2.05) is 63.1 Å². The zero-order valence-electron chi connectivity index (χ0n) is 27.7. The van der Waals surface area contributed by atoms with Gasteiger partial charge < -0.3 is 48.1 Å². The Morgan fingerprint density at radius 2 is 1.10 bits per heavy atom. The summed E-state index contributed by atoms with van der Waals surface area (Å²) in [6, 6.07) is 0. The van der Waals surface area contributed by atoms with Crippen molar-refractivity contribution in [3.05, 3.63) is 0 Å². The Bertz CT molecular complexity index is 756. The molecule has 3 atom stereocenters. The number of carbonyl (C=O) groups excluding carboxylic acids is 4. The van der Waals surface area contributed by atoms with Crippen molar-refractivity contribution in [1.82, 2.24) is 0 Å². The fourth-order valence-electron chi connectivity index (χ4n) is 3.23. The highest BCUT2D eigenvalue weighted by molar-refractivity contribution is 5.72. The third-order valence-corrected chi connectivity index (χ3v) is 4.75. The summed E-state index contributed by atoms with van der Waals surface area (Å²) < 4.78 is 16.7. The minimum Gasteiger partial charge on any atom is -0.550 e. The Balaban J connectivity index is -0.000000538. The number of esters is 2. The van der Waals surface area contributed by atoms with Crippen molar-refractivity contribution in [3.63, 3.8) is 0 Å². The molecule has 244 valence electrons. The Morgan fingerprint density at radius 3 is 1.41 bits per heavy atom. The standard InChI is InChI=1S/C11H21NO4.C10H21NO3.C8H16O3/c1-8(2)11(15)16-9(6-10(13)14)7-12(3,4)5;1-8(2)14-9(6-10(12)13)7-11(3,4)5;1-4-7(9)5-8(10)11-6(2)3/h8-9H,6-7H2,1-5H3;8-9H,6-7H2,1-5H3;6-7,9H,4-5H2,1-3H3. The first-order chi connectivity index (χ1) is 18.4. The molecule has 3 unspecified atom stereocenters. The molecule has 0 aromatic heterocycles. The maximum absolute atomic E-state index is 11.4. The molecule has 0 aliphatic rings. The van der Waals surface area contributed by atoms with E-state index in [2.05, 4.69) is 0 Å². The molecule has 0 saturated heterocycles. The number of quaternary nitrogens is 2. The number of hydrogen-bond donors (Lipinski definition) is 1. The van der Waals surface area contributed by atoms with Crippen molar-refractivity contribution in [2.75, 3.05) is 55.4 Å². The molecule has 0 aliphatic heterocycles. The Labute approximate surface area is 247 Å². The van der Waals surface area contributed by atoms with Crippen LogP contribution in [-0.2, 0) is 33.4 Å². The number of ether oxygens (including phenoxy) is 3. The molecule has 0 aromatic carbocycles. The fraction of sp³-hybridized carbons (Fsp3) is 0.862. The normalized spacial score (nSPS) is 13.8. The first-order valence-electron chi connectivity index (χ1n) is 14.1. The van der Waals surface area contributed by atoms with Crippen LogP contribution in [0.4, 0.5) is 0 Å². The third-order valence-electron chi connectivity index (χ3n) is 4.75. The number of nitrogens with zero attached hydrogens (tertiary/aromatic N) is 2.